The largest absolute Gasteiger partial charge is 0.313 e. The van der Waals surface area contributed by atoms with Gasteiger partial charge < -0.3 is 5.32 Å². The Balaban J connectivity index is 1.76. The van der Waals surface area contributed by atoms with Gasteiger partial charge in [-0.05, 0) is 48.2 Å². The van der Waals surface area contributed by atoms with Crippen molar-refractivity contribution in [3.8, 4) is 0 Å². The Bertz CT molecular complexity index is 536. The molecule has 1 aliphatic rings. The summed E-state index contributed by atoms with van der Waals surface area (Å²) in [6, 6.07) is 13.6. The Morgan fingerprint density at radius 1 is 1.21 bits per heavy atom. The minimum absolute atomic E-state index is 0.530. The van der Waals surface area contributed by atoms with Crippen LogP contribution in [0.25, 0.3) is 0 Å². The van der Waals surface area contributed by atoms with Gasteiger partial charge in [0, 0.05) is 24.4 Å². The van der Waals surface area contributed by atoms with E-state index in [1.807, 2.05) is 12.4 Å². The lowest BCUT2D eigenvalue weighted by Crippen LogP contribution is -2.41. The van der Waals surface area contributed by atoms with Gasteiger partial charge in [0.05, 0.1) is 0 Å². The molecule has 0 radical (unpaired) electrons. The minimum atomic E-state index is 0.530. The summed E-state index contributed by atoms with van der Waals surface area (Å²) in [6.07, 6.45) is 6.05. The fraction of sp³-hybridized carbons (Fsp3) is 0.353. The van der Waals surface area contributed by atoms with Crippen LogP contribution in [0.2, 0.25) is 0 Å². The molecule has 1 N–H and O–H groups in total. The van der Waals surface area contributed by atoms with Crippen molar-refractivity contribution in [1.29, 1.82) is 0 Å². The average molecular weight is 252 g/mol. The summed E-state index contributed by atoms with van der Waals surface area (Å²) in [5, 5.41) is 3.65. The number of hydrogen-bond donors (Lipinski definition) is 1. The van der Waals surface area contributed by atoms with Crippen LogP contribution in [0.15, 0.2) is 48.8 Å². The zero-order valence-electron chi connectivity index (χ0n) is 11.3. The Labute approximate surface area is 114 Å². The van der Waals surface area contributed by atoms with Crippen molar-refractivity contribution in [3.63, 3.8) is 0 Å². The van der Waals surface area contributed by atoms with Gasteiger partial charge in [-0.25, -0.2) is 0 Å². The lowest BCUT2D eigenvalue weighted by Gasteiger charge is -2.37. The maximum Gasteiger partial charge on any atom is 0.0270 e. The summed E-state index contributed by atoms with van der Waals surface area (Å²) >= 11 is 0. The summed E-state index contributed by atoms with van der Waals surface area (Å²) in [4.78, 5) is 4.09. The summed E-state index contributed by atoms with van der Waals surface area (Å²) in [6.45, 7) is 3.21. The average Bonchev–Trinajstić information content (AvgIpc) is 2.41. The van der Waals surface area contributed by atoms with Gasteiger partial charge in [0.2, 0.25) is 0 Å². The predicted octanol–water partition coefficient (Wildman–Crippen LogP) is 2.94. The lowest BCUT2D eigenvalue weighted by atomic mass is 9.72. The molecular weight excluding hydrogens is 232 g/mol. The first-order valence-corrected chi connectivity index (χ1v) is 7.08. The number of nitrogens with zero attached hydrogens (tertiary/aromatic N) is 1. The van der Waals surface area contributed by atoms with E-state index in [9.17, 15) is 0 Å². The molecule has 2 nitrogen and oxygen atoms in total. The summed E-state index contributed by atoms with van der Waals surface area (Å²) < 4.78 is 0. The molecule has 2 atom stereocenters. The van der Waals surface area contributed by atoms with Crippen molar-refractivity contribution in [3.05, 3.63) is 65.5 Å². The zero-order chi connectivity index (χ0) is 13.1. The first kappa shape index (κ1) is 12.4. The van der Waals surface area contributed by atoms with E-state index in [0.717, 1.165) is 13.0 Å². The second-order valence-electron chi connectivity index (χ2n) is 5.23. The smallest absolute Gasteiger partial charge is 0.0270 e. The predicted molar refractivity (Wildman–Crippen MR) is 78.3 cm³/mol. The summed E-state index contributed by atoms with van der Waals surface area (Å²) in [5.74, 6) is 0.657. The molecule has 0 saturated carbocycles. The van der Waals surface area contributed by atoms with Gasteiger partial charge in [-0.2, -0.15) is 0 Å². The van der Waals surface area contributed by atoms with Gasteiger partial charge in [-0.1, -0.05) is 31.2 Å². The Kier molecular flexibility index (Phi) is 3.60. The van der Waals surface area contributed by atoms with E-state index in [4.69, 9.17) is 0 Å². The lowest BCUT2D eigenvalue weighted by molar-refractivity contribution is 0.404. The van der Waals surface area contributed by atoms with Crippen LogP contribution in [0.3, 0.4) is 0 Å². The van der Waals surface area contributed by atoms with Crippen molar-refractivity contribution < 1.29 is 0 Å². The fourth-order valence-corrected chi connectivity index (χ4v) is 3.05. The van der Waals surface area contributed by atoms with E-state index in [0.29, 0.717) is 12.0 Å². The second-order valence-corrected chi connectivity index (χ2v) is 5.23. The molecule has 2 heteroatoms. The third-order valence-corrected chi connectivity index (χ3v) is 4.05. The van der Waals surface area contributed by atoms with Crippen molar-refractivity contribution in [2.75, 3.05) is 6.54 Å². The standard InChI is InChI=1S/C17H20N2/c1-2-19-17(11-13-7-9-18-10-8-13)16-12-14-5-3-4-6-15(14)16/h3-10,16-17,19H,2,11-12H2,1H3. The van der Waals surface area contributed by atoms with Gasteiger partial charge in [0.1, 0.15) is 0 Å². The van der Waals surface area contributed by atoms with E-state index in [-0.39, 0.29) is 0 Å². The normalized spacial score (nSPS) is 18.5. The van der Waals surface area contributed by atoms with E-state index < -0.39 is 0 Å². The van der Waals surface area contributed by atoms with Crippen molar-refractivity contribution in [1.82, 2.24) is 10.3 Å². The highest BCUT2D eigenvalue weighted by atomic mass is 14.9. The molecule has 98 valence electrons. The monoisotopic (exact) mass is 252 g/mol. The van der Waals surface area contributed by atoms with Gasteiger partial charge in [-0.3, -0.25) is 4.98 Å². The highest BCUT2D eigenvalue weighted by Gasteiger charge is 2.32. The number of rotatable bonds is 5. The van der Waals surface area contributed by atoms with Crippen LogP contribution >= 0.6 is 0 Å². The third kappa shape index (κ3) is 2.54. The molecule has 0 aliphatic heterocycles. The van der Waals surface area contributed by atoms with E-state index in [1.165, 1.54) is 23.1 Å². The molecule has 1 aromatic carbocycles. The molecule has 0 saturated heterocycles. The van der Waals surface area contributed by atoms with Gasteiger partial charge in [0.25, 0.3) is 0 Å². The van der Waals surface area contributed by atoms with Gasteiger partial charge in [-0.15, -0.1) is 0 Å². The number of pyridine rings is 1. The van der Waals surface area contributed by atoms with E-state index >= 15 is 0 Å². The molecule has 0 spiro atoms. The molecule has 1 aliphatic carbocycles. The first-order valence-electron chi connectivity index (χ1n) is 7.08. The molecular formula is C17H20N2. The Morgan fingerprint density at radius 3 is 2.74 bits per heavy atom. The molecule has 2 aromatic rings. The molecule has 0 amide bonds. The number of benzene rings is 1. The van der Waals surface area contributed by atoms with Crippen LogP contribution in [-0.2, 0) is 12.8 Å². The van der Waals surface area contributed by atoms with Crippen molar-refractivity contribution >= 4 is 0 Å². The quantitative estimate of drug-likeness (QED) is 0.885. The van der Waals surface area contributed by atoms with Crippen molar-refractivity contribution in [2.45, 2.75) is 31.7 Å². The first-order chi connectivity index (χ1) is 9.38. The topological polar surface area (TPSA) is 24.9 Å². The second kappa shape index (κ2) is 5.54. The van der Waals surface area contributed by atoms with Crippen LogP contribution < -0.4 is 5.32 Å². The Hall–Kier alpha value is -1.67. The fourth-order valence-electron chi connectivity index (χ4n) is 3.05. The number of hydrogen-bond acceptors (Lipinski definition) is 2. The van der Waals surface area contributed by atoms with Crippen LogP contribution in [0.1, 0.15) is 29.5 Å². The van der Waals surface area contributed by atoms with Crippen LogP contribution in [0, 0.1) is 0 Å². The van der Waals surface area contributed by atoms with E-state index in [2.05, 4.69) is 53.6 Å². The molecule has 0 bridgehead atoms. The molecule has 19 heavy (non-hydrogen) atoms. The Morgan fingerprint density at radius 2 is 2.00 bits per heavy atom. The molecule has 2 unspecified atom stereocenters. The summed E-state index contributed by atoms with van der Waals surface area (Å²) in [5.41, 5.74) is 4.41. The summed E-state index contributed by atoms with van der Waals surface area (Å²) in [7, 11) is 0. The van der Waals surface area contributed by atoms with Crippen LogP contribution in [-0.4, -0.2) is 17.6 Å². The van der Waals surface area contributed by atoms with Gasteiger partial charge in [0.15, 0.2) is 0 Å². The maximum atomic E-state index is 4.09. The minimum Gasteiger partial charge on any atom is -0.313 e. The van der Waals surface area contributed by atoms with Crippen molar-refractivity contribution in [2.24, 2.45) is 0 Å². The zero-order valence-corrected chi connectivity index (χ0v) is 11.3. The number of nitrogens with one attached hydrogen (secondary N) is 1. The molecule has 1 heterocycles. The van der Waals surface area contributed by atoms with Gasteiger partial charge >= 0.3 is 0 Å². The number of aromatic nitrogens is 1. The number of fused-ring (bicyclic) bond motifs is 1. The SMILES string of the molecule is CCNC(Cc1ccncc1)C1Cc2ccccc21. The van der Waals surface area contributed by atoms with Crippen LogP contribution in [0.5, 0.6) is 0 Å². The van der Waals surface area contributed by atoms with Crippen LogP contribution in [0.4, 0.5) is 0 Å². The molecule has 0 fully saturated rings. The maximum absolute atomic E-state index is 4.09. The highest BCUT2D eigenvalue weighted by Crippen LogP contribution is 2.38. The number of likely N-dealkylation sites (N-methyl/N-ethyl adjacent to an activating group) is 1. The highest BCUT2D eigenvalue weighted by molar-refractivity contribution is 5.41. The third-order valence-electron chi connectivity index (χ3n) is 4.05. The molecule has 3 rings (SSSR count). The molecule has 1 aromatic heterocycles. The van der Waals surface area contributed by atoms with E-state index in [1.54, 1.807) is 0 Å².